The molecule has 0 radical (unpaired) electrons. The van der Waals surface area contributed by atoms with Gasteiger partial charge in [0.25, 0.3) is 6.43 Å². The summed E-state index contributed by atoms with van der Waals surface area (Å²) < 4.78 is 26.7. The molecule has 0 saturated carbocycles. The monoisotopic (exact) mass is 261 g/mol. The van der Waals surface area contributed by atoms with Crippen LogP contribution in [0, 0.1) is 0 Å². The summed E-state index contributed by atoms with van der Waals surface area (Å²) in [5.41, 5.74) is 6.10. The fraction of sp³-hybridized carbons (Fsp3) is 0.250. The molecule has 0 saturated heterocycles. The number of hydrogen-bond acceptors (Lipinski definition) is 1. The van der Waals surface area contributed by atoms with Crippen LogP contribution in [0.4, 0.5) is 8.78 Å². The van der Waals surface area contributed by atoms with Crippen molar-refractivity contribution in [3.05, 3.63) is 71.8 Å². The highest BCUT2D eigenvalue weighted by atomic mass is 19.3. The van der Waals surface area contributed by atoms with Crippen molar-refractivity contribution in [2.45, 2.75) is 24.8 Å². The zero-order valence-corrected chi connectivity index (χ0v) is 10.6. The quantitative estimate of drug-likeness (QED) is 0.876. The summed E-state index contributed by atoms with van der Waals surface area (Å²) in [6.45, 7) is 0. The molecule has 100 valence electrons. The molecule has 2 aromatic carbocycles. The van der Waals surface area contributed by atoms with Crippen molar-refractivity contribution in [2.24, 2.45) is 5.73 Å². The summed E-state index contributed by atoms with van der Waals surface area (Å²) >= 11 is 0. The van der Waals surface area contributed by atoms with Crippen molar-refractivity contribution in [1.29, 1.82) is 0 Å². The lowest BCUT2D eigenvalue weighted by atomic mass is 9.86. The van der Waals surface area contributed by atoms with Crippen LogP contribution >= 0.6 is 0 Å². The van der Waals surface area contributed by atoms with Crippen molar-refractivity contribution in [1.82, 2.24) is 0 Å². The molecule has 2 aromatic rings. The number of hydrogen-bond donors (Lipinski definition) is 1. The molecule has 0 amide bonds. The first-order chi connectivity index (χ1) is 9.10. The van der Waals surface area contributed by atoms with Gasteiger partial charge in [-0.2, -0.15) is 0 Å². The van der Waals surface area contributed by atoms with Gasteiger partial charge in [0.1, 0.15) is 0 Å². The smallest absolute Gasteiger partial charge is 0.256 e. The van der Waals surface area contributed by atoms with Gasteiger partial charge >= 0.3 is 0 Å². The van der Waals surface area contributed by atoms with Gasteiger partial charge in [0, 0.05) is 0 Å². The molecule has 2 N–H and O–H groups in total. The summed E-state index contributed by atoms with van der Waals surface area (Å²) in [6.07, 6.45) is -2.23. The summed E-state index contributed by atoms with van der Waals surface area (Å²) in [4.78, 5) is 0. The Morgan fingerprint density at radius 3 is 1.47 bits per heavy atom. The van der Waals surface area contributed by atoms with Gasteiger partial charge in [-0.05, 0) is 24.0 Å². The largest absolute Gasteiger partial charge is 0.320 e. The third-order valence-corrected chi connectivity index (χ3v) is 3.19. The first-order valence-electron chi connectivity index (χ1n) is 6.25. The van der Waals surface area contributed by atoms with Crippen LogP contribution in [-0.4, -0.2) is 12.0 Å². The Kier molecular flexibility index (Phi) is 4.27. The average Bonchev–Trinajstić information content (AvgIpc) is 2.40. The maximum absolute atomic E-state index is 13.3. The van der Waals surface area contributed by atoms with Crippen LogP contribution in [-0.2, 0) is 12.8 Å². The first-order valence-corrected chi connectivity index (χ1v) is 6.25. The lowest BCUT2D eigenvalue weighted by molar-refractivity contribution is 0.0535. The minimum Gasteiger partial charge on any atom is -0.320 e. The molecule has 0 heterocycles. The molecule has 0 aromatic heterocycles. The normalized spacial score (nSPS) is 11.8. The van der Waals surface area contributed by atoms with Crippen LogP contribution in [0.2, 0.25) is 0 Å². The SMILES string of the molecule is NC(Cc1ccccc1)(Cc1ccccc1)C(F)F. The molecule has 0 fully saturated rings. The molecule has 0 atom stereocenters. The van der Waals surface area contributed by atoms with E-state index in [4.69, 9.17) is 5.73 Å². The Hall–Kier alpha value is -1.74. The van der Waals surface area contributed by atoms with Gasteiger partial charge in [0.2, 0.25) is 0 Å². The van der Waals surface area contributed by atoms with E-state index >= 15 is 0 Å². The predicted octanol–water partition coefficient (Wildman–Crippen LogP) is 3.43. The van der Waals surface area contributed by atoms with Crippen LogP contribution in [0.15, 0.2) is 60.7 Å². The van der Waals surface area contributed by atoms with Crippen LogP contribution in [0.25, 0.3) is 0 Å². The summed E-state index contributed by atoms with van der Waals surface area (Å²) in [5, 5.41) is 0. The van der Waals surface area contributed by atoms with Crippen LogP contribution in [0.3, 0.4) is 0 Å². The van der Waals surface area contributed by atoms with Gasteiger partial charge in [-0.25, -0.2) is 8.78 Å². The number of benzene rings is 2. The van der Waals surface area contributed by atoms with E-state index in [2.05, 4.69) is 0 Å². The van der Waals surface area contributed by atoms with Crippen LogP contribution < -0.4 is 5.73 Å². The molecule has 0 bridgehead atoms. The predicted molar refractivity (Wildman–Crippen MR) is 73.2 cm³/mol. The van der Waals surface area contributed by atoms with Crippen LogP contribution in [0.5, 0.6) is 0 Å². The Balaban J connectivity index is 2.18. The first kappa shape index (κ1) is 13.7. The van der Waals surface area contributed by atoms with Crippen molar-refractivity contribution in [3.63, 3.8) is 0 Å². The maximum Gasteiger partial charge on any atom is 0.256 e. The second kappa shape index (κ2) is 5.93. The van der Waals surface area contributed by atoms with E-state index in [9.17, 15) is 8.78 Å². The Morgan fingerprint density at radius 2 is 1.16 bits per heavy atom. The second-order valence-electron chi connectivity index (χ2n) is 4.86. The number of nitrogens with two attached hydrogens (primary N) is 1. The number of halogens is 2. The molecule has 0 aliphatic rings. The lowest BCUT2D eigenvalue weighted by Crippen LogP contribution is -2.51. The number of rotatable bonds is 5. The van der Waals surface area contributed by atoms with E-state index in [0.29, 0.717) is 0 Å². The molecule has 3 heteroatoms. The second-order valence-corrected chi connectivity index (χ2v) is 4.86. The van der Waals surface area contributed by atoms with Gasteiger partial charge in [-0.1, -0.05) is 60.7 Å². The van der Waals surface area contributed by atoms with Crippen molar-refractivity contribution < 1.29 is 8.78 Å². The molecule has 1 nitrogen and oxygen atoms in total. The average molecular weight is 261 g/mol. The fourth-order valence-electron chi connectivity index (χ4n) is 2.17. The summed E-state index contributed by atoms with van der Waals surface area (Å²) in [6, 6.07) is 18.4. The molecule has 0 aliphatic heterocycles. The molecular formula is C16H17F2N. The van der Waals surface area contributed by atoms with Crippen molar-refractivity contribution in [3.8, 4) is 0 Å². The van der Waals surface area contributed by atoms with E-state index in [0.717, 1.165) is 11.1 Å². The van der Waals surface area contributed by atoms with E-state index in [1.165, 1.54) is 0 Å². The van der Waals surface area contributed by atoms with Crippen LogP contribution in [0.1, 0.15) is 11.1 Å². The molecule has 0 aliphatic carbocycles. The van der Waals surface area contributed by atoms with E-state index in [1.54, 1.807) is 0 Å². The standard InChI is InChI=1S/C16H17F2N/c17-15(18)16(19,11-13-7-3-1-4-8-13)12-14-9-5-2-6-10-14/h1-10,15H,11-12,19H2. The highest BCUT2D eigenvalue weighted by Gasteiger charge is 2.36. The third kappa shape index (κ3) is 3.61. The minimum absolute atomic E-state index is 0.167. The van der Waals surface area contributed by atoms with Gasteiger partial charge in [-0.15, -0.1) is 0 Å². The van der Waals surface area contributed by atoms with E-state index in [-0.39, 0.29) is 12.8 Å². The van der Waals surface area contributed by atoms with Crippen molar-refractivity contribution >= 4 is 0 Å². The Labute approximate surface area is 112 Å². The Bertz CT molecular complexity index is 455. The molecular weight excluding hydrogens is 244 g/mol. The zero-order valence-electron chi connectivity index (χ0n) is 10.6. The lowest BCUT2D eigenvalue weighted by Gasteiger charge is -2.29. The molecule has 19 heavy (non-hydrogen) atoms. The third-order valence-electron chi connectivity index (χ3n) is 3.19. The van der Waals surface area contributed by atoms with Gasteiger partial charge in [0.05, 0.1) is 5.54 Å². The molecule has 2 rings (SSSR count). The van der Waals surface area contributed by atoms with Gasteiger partial charge < -0.3 is 5.73 Å². The van der Waals surface area contributed by atoms with Gasteiger partial charge in [-0.3, -0.25) is 0 Å². The Morgan fingerprint density at radius 1 is 0.789 bits per heavy atom. The summed E-state index contributed by atoms with van der Waals surface area (Å²) in [7, 11) is 0. The zero-order chi connectivity index (χ0) is 13.7. The topological polar surface area (TPSA) is 26.0 Å². The van der Waals surface area contributed by atoms with E-state index < -0.39 is 12.0 Å². The molecule has 0 spiro atoms. The fourth-order valence-corrected chi connectivity index (χ4v) is 2.17. The van der Waals surface area contributed by atoms with Crippen molar-refractivity contribution in [2.75, 3.05) is 0 Å². The minimum atomic E-state index is -2.56. The number of alkyl halides is 2. The summed E-state index contributed by atoms with van der Waals surface area (Å²) in [5.74, 6) is 0. The van der Waals surface area contributed by atoms with Gasteiger partial charge in [0.15, 0.2) is 0 Å². The maximum atomic E-state index is 13.3. The van der Waals surface area contributed by atoms with E-state index in [1.807, 2.05) is 60.7 Å². The molecule has 0 unspecified atom stereocenters. The highest BCUT2D eigenvalue weighted by molar-refractivity contribution is 5.23. The highest BCUT2D eigenvalue weighted by Crippen LogP contribution is 2.23.